The molecule has 1 aromatic rings. The average molecular weight is 238 g/mol. The fraction of sp³-hybridized carbons (Fsp3) is 0.417. The maximum atomic E-state index is 11.9. The molecule has 0 aromatic heterocycles. The van der Waals surface area contributed by atoms with E-state index in [1.165, 1.54) is 0 Å². The number of benzene rings is 1. The lowest BCUT2D eigenvalue weighted by atomic mass is 10.0. The van der Waals surface area contributed by atoms with Gasteiger partial charge >= 0.3 is 0 Å². The lowest BCUT2D eigenvalue weighted by molar-refractivity contribution is -0.118. The lowest BCUT2D eigenvalue weighted by Gasteiger charge is -2.29. The van der Waals surface area contributed by atoms with E-state index in [2.05, 4.69) is 0 Å². The van der Waals surface area contributed by atoms with Crippen molar-refractivity contribution in [3.63, 3.8) is 0 Å². The number of carbonyl (C=O) groups is 1. The van der Waals surface area contributed by atoms with Gasteiger partial charge in [0.05, 0.1) is 18.7 Å². The second-order valence-corrected chi connectivity index (χ2v) is 4.53. The maximum Gasteiger partial charge on any atom is 0.230 e. The van der Waals surface area contributed by atoms with E-state index < -0.39 is 0 Å². The van der Waals surface area contributed by atoms with Crippen molar-refractivity contribution in [1.29, 1.82) is 0 Å². The zero-order valence-electron chi connectivity index (χ0n) is 8.83. The summed E-state index contributed by atoms with van der Waals surface area (Å²) in [5.41, 5.74) is 1.96. The SMILES string of the molecule is O=C1CCOc2ccc(Cl)c3c2N1CCC3. The normalized spacial score (nSPS) is 18.8. The molecule has 1 aromatic carbocycles. The summed E-state index contributed by atoms with van der Waals surface area (Å²) >= 11 is 6.17. The van der Waals surface area contributed by atoms with Crippen LogP contribution in [0.3, 0.4) is 0 Å². The highest BCUT2D eigenvalue weighted by molar-refractivity contribution is 6.32. The van der Waals surface area contributed by atoms with Crippen molar-refractivity contribution in [1.82, 2.24) is 0 Å². The Morgan fingerprint density at radius 1 is 1.31 bits per heavy atom. The van der Waals surface area contributed by atoms with E-state index in [0.29, 0.717) is 13.0 Å². The Kier molecular flexibility index (Phi) is 2.28. The summed E-state index contributed by atoms with van der Waals surface area (Å²) in [7, 11) is 0. The molecule has 0 saturated carbocycles. The molecule has 1 amide bonds. The van der Waals surface area contributed by atoms with Crippen LogP contribution < -0.4 is 9.64 Å². The van der Waals surface area contributed by atoms with Gasteiger partial charge < -0.3 is 9.64 Å². The molecule has 0 unspecified atom stereocenters. The zero-order valence-corrected chi connectivity index (χ0v) is 9.59. The molecule has 0 aliphatic carbocycles. The molecule has 0 bridgehead atoms. The Labute approximate surface area is 98.9 Å². The summed E-state index contributed by atoms with van der Waals surface area (Å²) < 4.78 is 5.60. The van der Waals surface area contributed by atoms with Gasteiger partial charge in [0.1, 0.15) is 5.75 Å². The molecule has 0 N–H and O–H groups in total. The Bertz CT molecular complexity index is 459. The van der Waals surface area contributed by atoms with E-state index in [9.17, 15) is 4.79 Å². The second-order valence-electron chi connectivity index (χ2n) is 4.12. The minimum atomic E-state index is 0.141. The minimum Gasteiger partial charge on any atom is -0.491 e. The van der Waals surface area contributed by atoms with Crippen molar-refractivity contribution in [2.45, 2.75) is 19.3 Å². The van der Waals surface area contributed by atoms with Gasteiger partial charge in [0.15, 0.2) is 0 Å². The number of hydrogen-bond donors (Lipinski definition) is 0. The van der Waals surface area contributed by atoms with E-state index >= 15 is 0 Å². The summed E-state index contributed by atoms with van der Waals surface area (Å²) in [5.74, 6) is 0.937. The topological polar surface area (TPSA) is 29.5 Å². The molecule has 3 rings (SSSR count). The lowest BCUT2D eigenvalue weighted by Crippen LogP contribution is -2.34. The van der Waals surface area contributed by atoms with Crippen LogP contribution in [0.15, 0.2) is 12.1 Å². The Balaban J connectivity index is 2.22. The van der Waals surface area contributed by atoms with Crippen LogP contribution in [0.2, 0.25) is 5.02 Å². The van der Waals surface area contributed by atoms with Gasteiger partial charge in [0.2, 0.25) is 5.91 Å². The van der Waals surface area contributed by atoms with Crippen molar-refractivity contribution in [2.75, 3.05) is 18.1 Å². The van der Waals surface area contributed by atoms with Crippen LogP contribution >= 0.6 is 11.6 Å². The molecule has 0 fully saturated rings. The molecule has 84 valence electrons. The molecule has 0 spiro atoms. The smallest absolute Gasteiger partial charge is 0.230 e. The number of ether oxygens (including phenoxy) is 1. The average Bonchev–Trinajstić information content (AvgIpc) is 2.46. The fourth-order valence-corrected chi connectivity index (χ4v) is 2.65. The zero-order chi connectivity index (χ0) is 11.1. The molecule has 2 heterocycles. The molecule has 0 atom stereocenters. The highest BCUT2D eigenvalue weighted by Crippen LogP contribution is 2.41. The number of hydrogen-bond acceptors (Lipinski definition) is 2. The van der Waals surface area contributed by atoms with Crippen LogP contribution in [0.4, 0.5) is 5.69 Å². The number of rotatable bonds is 0. The predicted molar refractivity (Wildman–Crippen MR) is 62.2 cm³/mol. The van der Waals surface area contributed by atoms with Gasteiger partial charge in [0.25, 0.3) is 0 Å². The van der Waals surface area contributed by atoms with Crippen molar-refractivity contribution < 1.29 is 9.53 Å². The van der Waals surface area contributed by atoms with Gasteiger partial charge in [0, 0.05) is 11.6 Å². The molecule has 2 aliphatic rings. The molecule has 4 heteroatoms. The number of anilines is 1. The summed E-state index contributed by atoms with van der Waals surface area (Å²) in [4.78, 5) is 13.7. The number of carbonyl (C=O) groups excluding carboxylic acids is 1. The van der Waals surface area contributed by atoms with Crippen LogP contribution in [0.1, 0.15) is 18.4 Å². The summed E-state index contributed by atoms with van der Waals surface area (Å²) in [6.07, 6.45) is 2.35. The van der Waals surface area contributed by atoms with E-state index in [1.54, 1.807) is 0 Å². The summed E-state index contributed by atoms with van der Waals surface area (Å²) in [6, 6.07) is 3.72. The first-order valence-corrected chi connectivity index (χ1v) is 5.90. The molecular weight excluding hydrogens is 226 g/mol. The van der Waals surface area contributed by atoms with Crippen molar-refractivity contribution in [3.8, 4) is 5.75 Å². The first-order valence-electron chi connectivity index (χ1n) is 5.52. The minimum absolute atomic E-state index is 0.141. The Morgan fingerprint density at radius 2 is 2.19 bits per heavy atom. The molecule has 2 aliphatic heterocycles. The van der Waals surface area contributed by atoms with Crippen LogP contribution in [-0.2, 0) is 11.2 Å². The van der Waals surface area contributed by atoms with Gasteiger partial charge in [-0.25, -0.2) is 0 Å². The van der Waals surface area contributed by atoms with Crippen LogP contribution in [0.5, 0.6) is 5.75 Å². The van der Waals surface area contributed by atoms with E-state index in [0.717, 1.165) is 41.4 Å². The molecule has 3 nitrogen and oxygen atoms in total. The molecule has 0 saturated heterocycles. The van der Waals surface area contributed by atoms with Gasteiger partial charge in [-0.15, -0.1) is 0 Å². The molecular formula is C12H12ClNO2. The molecule has 16 heavy (non-hydrogen) atoms. The fourth-order valence-electron chi connectivity index (χ4n) is 2.40. The monoisotopic (exact) mass is 237 g/mol. The molecule has 0 radical (unpaired) electrons. The first-order chi connectivity index (χ1) is 7.77. The van der Waals surface area contributed by atoms with E-state index in [1.807, 2.05) is 17.0 Å². The third-order valence-corrected chi connectivity index (χ3v) is 3.50. The predicted octanol–water partition coefficient (Wildman–Crippen LogP) is 2.40. The van der Waals surface area contributed by atoms with E-state index in [4.69, 9.17) is 16.3 Å². The summed E-state index contributed by atoms with van der Waals surface area (Å²) in [5, 5.41) is 0.738. The van der Waals surface area contributed by atoms with Crippen molar-refractivity contribution in [3.05, 3.63) is 22.7 Å². The Morgan fingerprint density at radius 3 is 3.06 bits per heavy atom. The number of nitrogens with zero attached hydrogens (tertiary/aromatic N) is 1. The third kappa shape index (κ3) is 1.39. The second kappa shape index (κ2) is 3.67. The first kappa shape index (κ1) is 9.97. The van der Waals surface area contributed by atoms with Crippen molar-refractivity contribution in [2.24, 2.45) is 0 Å². The maximum absolute atomic E-state index is 11.9. The van der Waals surface area contributed by atoms with Gasteiger partial charge in [-0.05, 0) is 30.5 Å². The third-order valence-electron chi connectivity index (χ3n) is 3.14. The van der Waals surface area contributed by atoms with Crippen molar-refractivity contribution >= 4 is 23.2 Å². The van der Waals surface area contributed by atoms with Crippen LogP contribution in [0, 0.1) is 0 Å². The highest BCUT2D eigenvalue weighted by Gasteiger charge is 2.29. The van der Waals surface area contributed by atoms with Gasteiger partial charge in [-0.2, -0.15) is 0 Å². The van der Waals surface area contributed by atoms with Crippen LogP contribution in [0.25, 0.3) is 0 Å². The van der Waals surface area contributed by atoms with Crippen LogP contribution in [-0.4, -0.2) is 19.1 Å². The number of halogens is 1. The highest BCUT2D eigenvalue weighted by atomic mass is 35.5. The summed E-state index contributed by atoms with van der Waals surface area (Å²) in [6.45, 7) is 1.24. The Hall–Kier alpha value is -1.22. The van der Waals surface area contributed by atoms with Gasteiger partial charge in [-0.1, -0.05) is 11.6 Å². The standard InChI is InChI=1S/C12H12ClNO2/c13-9-3-4-10-12-8(9)2-1-6-14(12)11(15)5-7-16-10/h3-4H,1-2,5-7H2. The quantitative estimate of drug-likeness (QED) is 0.694. The number of amides is 1. The largest absolute Gasteiger partial charge is 0.491 e. The van der Waals surface area contributed by atoms with Gasteiger partial charge in [-0.3, -0.25) is 4.79 Å². The van der Waals surface area contributed by atoms with E-state index in [-0.39, 0.29) is 5.91 Å².